The molecule has 1 aromatic rings. The Balaban J connectivity index is 2.80. The average Bonchev–Trinajstić information content (AvgIpc) is 2.03. The highest BCUT2D eigenvalue weighted by Crippen LogP contribution is 2.15. The number of hydrogen-bond donors (Lipinski definition) is 2. The maximum atomic E-state index is 10.4. The first-order valence-corrected chi connectivity index (χ1v) is 4.00. The number of aldehydes is 1. The fourth-order valence-corrected chi connectivity index (χ4v) is 1.12. The second kappa shape index (κ2) is 3.58. The molecule has 1 atom stereocenters. The summed E-state index contributed by atoms with van der Waals surface area (Å²) in [6.07, 6.45) is 0.710. The van der Waals surface area contributed by atoms with Crippen LogP contribution in [-0.4, -0.2) is 22.1 Å². The minimum Gasteiger partial charge on any atom is -0.508 e. The van der Waals surface area contributed by atoms with Crippen LogP contribution in [0.5, 0.6) is 5.75 Å². The fraction of sp³-hybridized carbons (Fsp3) is 0.300. The molecule has 1 unspecified atom stereocenters. The minimum atomic E-state index is -1.35. The monoisotopic (exact) mass is 180 g/mol. The lowest BCUT2D eigenvalue weighted by Gasteiger charge is -2.15. The molecule has 0 aliphatic rings. The van der Waals surface area contributed by atoms with Gasteiger partial charge in [-0.2, -0.15) is 0 Å². The molecular weight excluding hydrogens is 168 g/mol. The Morgan fingerprint density at radius 3 is 2.77 bits per heavy atom. The molecule has 0 aliphatic heterocycles. The molecule has 13 heavy (non-hydrogen) atoms. The maximum absolute atomic E-state index is 10.4. The van der Waals surface area contributed by atoms with E-state index in [9.17, 15) is 9.90 Å². The van der Waals surface area contributed by atoms with Crippen molar-refractivity contribution in [2.75, 3.05) is 0 Å². The molecule has 0 aromatic heterocycles. The van der Waals surface area contributed by atoms with Gasteiger partial charge in [0.2, 0.25) is 0 Å². The fourth-order valence-electron chi connectivity index (χ4n) is 1.12. The van der Waals surface area contributed by atoms with Crippen LogP contribution < -0.4 is 0 Å². The molecule has 0 bridgehead atoms. The summed E-state index contributed by atoms with van der Waals surface area (Å²) < 4.78 is 0. The van der Waals surface area contributed by atoms with E-state index in [1.54, 1.807) is 18.2 Å². The van der Waals surface area contributed by atoms with Gasteiger partial charge in [0.15, 0.2) is 6.29 Å². The van der Waals surface area contributed by atoms with Crippen molar-refractivity contribution in [1.29, 1.82) is 0 Å². The molecule has 0 spiro atoms. The first kappa shape index (κ1) is 9.74. The van der Waals surface area contributed by atoms with Crippen molar-refractivity contribution >= 4 is 6.29 Å². The average molecular weight is 180 g/mol. The van der Waals surface area contributed by atoms with Crippen LogP contribution in [0.15, 0.2) is 24.3 Å². The molecule has 1 rings (SSSR count). The zero-order valence-corrected chi connectivity index (χ0v) is 7.40. The standard InChI is InChI=1S/C10H12O3/c1-10(13,7-11)6-8-3-2-4-9(12)5-8/h2-5,7,12-13H,6H2,1H3. The summed E-state index contributed by atoms with van der Waals surface area (Å²) in [6.45, 7) is 1.43. The normalized spacial score (nSPS) is 14.9. The van der Waals surface area contributed by atoms with Gasteiger partial charge in [-0.15, -0.1) is 0 Å². The molecule has 0 heterocycles. The van der Waals surface area contributed by atoms with Gasteiger partial charge in [-0.3, -0.25) is 0 Å². The summed E-state index contributed by atoms with van der Waals surface area (Å²) in [6, 6.07) is 6.49. The summed E-state index contributed by atoms with van der Waals surface area (Å²) in [4.78, 5) is 10.4. The summed E-state index contributed by atoms with van der Waals surface area (Å²) in [7, 11) is 0. The third kappa shape index (κ3) is 2.87. The Bertz CT molecular complexity index is 305. The van der Waals surface area contributed by atoms with Crippen molar-refractivity contribution in [2.45, 2.75) is 18.9 Å². The molecular formula is C10H12O3. The summed E-state index contributed by atoms with van der Waals surface area (Å²) in [5.41, 5.74) is -0.620. The van der Waals surface area contributed by atoms with Crippen LogP contribution in [-0.2, 0) is 11.2 Å². The Hall–Kier alpha value is -1.35. The molecule has 0 fully saturated rings. The van der Waals surface area contributed by atoms with E-state index < -0.39 is 5.60 Å². The predicted octanol–water partition coefficient (Wildman–Crippen LogP) is 0.885. The lowest BCUT2D eigenvalue weighted by atomic mass is 9.98. The molecule has 1 aromatic carbocycles. The van der Waals surface area contributed by atoms with Crippen LogP contribution in [0.2, 0.25) is 0 Å². The molecule has 0 saturated carbocycles. The van der Waals surface area contributed by atoms with Crippen LogP contribution >= 0.6 is 0 Å². The quantitative estimate of drug-likeness (QED) is 0.679. The van der Waals surface area contributed by atoms with Gasteiger partial charge in [-0.05, 0) is 24.6 Å². The predicted molar refractivity (Wildman–Crippen MR) is 48.5 cm³/mol. The van der Waals surface area contributed by atoms with E-state index in [2.05, 4.69) is 0 Å². The smallest absolute Gasteiger partial charge is 0.151 e. The van der Waals surface area contributed by atoms with Crippen molar-refractivity contribution in [3.63, 3.8) is 0 Å². The van der Waals surface area contributed by atoms with E-state index in [-0.39, 0.29) is 12.2 Å². The van der Waals surface area contributed by atoms with Crippen LogP contribution in [0.1, 0.15) is 12.5 Å². The summed E-state index contributed by atoms with van der Waals surface area (Å²) >= 11 is 0. The Morgan fingerprint density at radius 2 is 2.23 bits per heavy atom. The first-order valence-electron chi connectivity index (χ1n) is 4.00. The van der Waals surface area contributed by atoms with Gasteiger partial charge in [0.05, 0.1) is 0 Å². The van der Waals surface area contributed by atoms with Crippen molar-refractivity contribution in [2.24, 2.45) is 0 Å². The molecule has 70 valence electrons. The highest BCUT2D eigenvalue weighted by Gasteiger charge is 2.19. The third-order valence-electron chi connectivity index (χ3n) is 1.73. The number of phenolic OH excluding ortho intramolecular Hbond substituents is 1. The number of aliphatic hydroxyl groups is 1. The lowest BCUT2D eigenvalue weighted by Crippen LogP contribution is -2.28. The van der Waals surface area contributed by atoms with E-state index in [1.807, 2.05) is 0 Å². The highest BCUT2D eigenvalue weighted by atomic mass is 16.3. The summed E-state index contributed by atoms with van der Waals surface area (Å²) in [5.74, 6) is 0.138. The lowest BCUT2D eigenvalue weighted by molar-refractivity contribution is -0.122. The van der Waals surface area contributed by atoms with E-state index in [0.29, 0.717) is 6.29 Å². The van der Waals surface area contributed by atoms with Crippen molar-refractivity contribution < 1.29 is 15.0 Å². The molecule has 2 N–H and O–H groups in total. The van der Waals surface area contributed by atoms with Crippen LogP contribution in [0.3, 0.4) is 0 Å². The first-order chi connectivity index (χ1) is 6.03. The van der Waals surface area contributed by atoms with Crippen LogP contribution in [0.4, 0.5) is 0 Å². The van der Waals surface area contributed by atoms with E-state index in [0.717, 1.165) is 5.56 Å². The Morgan fingerprint density at radius 1 is 1.54 bits per heavy atom. The molecule has 3 nitrogen and oxygen atoms in total. The van der Waals surface area contributed by atoms with Crippen molar-refractivity contribution in [3.8, 4) is 5.75 Å². The van der Waals surface area contributed by atoms with Gasteiger partial charge in [-0.1, -0.05) is 12.1 Å². The third-order valence-corrected chi connectivity index (χ3v) is 1.73. The van der Waals surface area contributed by atoms with Gasteiger partial charge in [0.1, 0.15) is 11.4 Å². The summed E-state index contributed by atoms with van der Waals surface area (Å²) in [5, 5.41) is 18.5. The van der Waals surface area contributed by atoms with Crippen molar-refractivity contribution in [1.82, 2.24) is 0 Å². The van der Waals surface area contributed by atoms with Gasteiger partial charge in [-0.25, -0.2) is 0 Å². The topological polar surface area (TPSA) is 57.5 Å². The Labute approximate surface area is 76.6 Å². The van der Waals surface area contributed by atoms with E-state index >= 15 is 0 Å². The molecule has 3 heteroatoms. The Kier molecular flexibility index (Phi) is 2.68. The number of aromatic hydroxyl groups is 1. The van der Waals surface area contributed by atoms with Gasteiger partial charge in [0.25, 0.3) is 0 Å². The maximum Gasteiger partial charge on any atom is 0.151 e. The molecule has 0 aliphatic carbocycles. The number of hydrogen-bond acceptors (Lipinski definition) is 3. The van der Waals surface area contributed by atoms with E-state index in [4.69, 9.17) is 5.11 Å². The number of carbonyl (C=O) groups excluding carboxylic acids is 1. The largest absolute Gasteiger partial charge is 0.508 e. The van der Waals surface area contributed by atoms with Gasteiger partial charge in [0, 0.05) is 6.42 Å². The second-order valence-electron chi connectivity index (χ2n) is 3.32. The number of rotatable bonds is 3. The second-order valence-corrected chi connectivity index (χ2v) is 3.32. The van der Waals surface area contributed by atoms with Gasteiger partial charge < -0.3 is 15.0 Å². The number of benzene rings is 1. The van der Waals surface area contributed by atoms with Crippen molar-refractivity contribution in [3.05, 3.63) is 29.8 Å². The number of phenols is 1. The zero-order valence-electron chi connectivity index (χ0n) is 7.40. The zero-order chi connectivity index (χ0) is 9.90. The van der Waals surface area contributed by atoms with Crippen LogP contribution in [0.25, 0.3) is 0 Å². The molecule has 0 radical (unpaired) electrons. The van der Waals surface area contributed by atoms with Gasteiger partial charge >= 0.3 is 0 Å². The minimum absolute atomic E-state index is 0.138. The van der Waals surface area contributed by atoms with Crippen LogP contribution in [0, 0.1) is 0 Å². The highest BCUT2D eigenvalue weighted by molar-refractivity contribution is 5.62. The number of carbonyl (C=O) groups is 1. The van der Waals surface area contributed by atoms with E-state index in [1.165, 1.54) is 13.0 Å². The molecule has 0 saturated heterocycles. The molecule has 0 amide bonds. The SMILES string of the molecule is CC(O)(C=O)Cc1cccc(O)c1.